The molecule has 0 aromatic heterocycles. The molecule has 1 radical (unpaired) electrons. The maximum Gasteiger partial charge on any atom is 0.334 e. The Morgan fingerprint density at radius 2 is 0.714 bits per heavy atom. The molecule has 0 bridgehead atoms. The van der Waals surface area contributed by atoms with Crippen molar-refractivity contribution in [2.75, 3.05) is 0 Å². The predicted octanol–water partition coefficient (Wildman–Crippen LogP) is 7.93. The molecule has 6 aromatic rings. The van der Waals surface area contributed by atoms with E-state index >= 15 is 0 Å². The van der Waals surface area contributed by atoms with Gasteiger partial charge in [-0.2, -0.15) is 5.26 Å². The molecule has 4 unspecified atom stereocenters. The number of carboxylic acid groups (broad SMARTS) is 1. The normalized spacial score (nSPS) is 12.9. The first kappa shape index (κ1) is 44.3. The fourth-order valence-electron chi connectivity index (χ4n) is 6.70. The molecular formula is C48H49AcN3O4. The number of hydrogen-bond donors (Lipinski definition) is 3. The first-order chi connectivity index (χ1) is 26.9. The van der Waals surface area contributed by atoms with Gasteiger partial charge in [0.2, 0.25) is 0 Å². The molecule has 0 fully saturated rings. The summed E-state index contributed by atoms with van der Waals surface area (Å²) in [4.78, 5) is 15.9. The third-order valence-corrected chi connectivity index (χ3v) is 9.54. The number of carbonyl (C=O) groups is 1. The number of nitrogens with zero attached hydrogens (tertiary/aromatic N) is 3. The number of carboxylic acids is 1. The van der Waals surface area contributed by atoms with Gasteiger partial charge in [-0.05, 0) is 46.2 Å². The van der Waals surface area contributed by atoms with Crippen LogP contribution < -0.4 is 0 Å². The Labute approximate surface area is 367 Å². The van der Waals surface area contributed by atoms with E-state index in [1.165, 1.54) is 0 Å². The van der Waals surface area contributed by atoms with Crippen molar-refractivity contribution in [3.8, 4) is 6.07 Å². The molecule has 56 heavy (non-hydrogen) atoms. The quantitative estimate of drug-likeness (QED) is 0.0798. The van der Waals surface area contributed by atoms with Crippen molar-refractivity contribution in [3.05, 3.63) is 215 Å². The third kappa shape index (κ3) is 14.6. The molecule has 0 amide bonds. The summed E-state index contributed by atoms with van der Waals surface area (Å²) >= 11 is 0. The minimum absolute atomic E-state index is 0. The van der Waals surface area contributed by atoms with Gasteiger partial charge in [0, 0.05) is 70.2 Å². The number of aliphatic hydroxyl groups excluding tert-OH is 2. The van der Waals surface area contributed by atoms with Crippen LogP contribution >= 0.6 is 0 Å². The first-order valence-electron chi connectivity index (χ1n) is 18.6. The van der Waals surface area contributed by atoms with Crippen molar-refractivity contribution in [2.45, 2.75) is 63.3 Å². The minimum Gasteiger partial charge on any atom is -0.479 e. The molecule has 0 aliphatic heterocycles. The molecular weight excluding hydrogens is 910 g/mol. The van der Waals surface area contributed by atoms with Gasteiger partial charge in [-0.25, -0.2) is 4.79 Å². The molecule has 6 aromatic carbocycles. The number of rotatable bonds is 17. The SMILES string of the molecule is N#CC(O)C(Cc1ccccc1)N(Cc1ccccc1)Cc1ccccc1.O=C(O)C(O)C(Cc1ccccc1)N(Cc1ccccc1)Cc1ccccc1.[Ac]. The zero-order valence-corrected chi connectivity index (χ0v) is 36.3. The van der Waals surface area contributed by atoms with E-state index < -0.39 is 24.2 Å². The van der Waals surface area contributed by atoms with Crippen molar-refractivity contribution >= 4 is 5.97 Å². The minimum atomic E-state index is -1.48. The summed E-state index contributed by atoms with van der Waals surface area (Å²) in [6.07, 6.45) is -1.46. The van der Waals surface area contributed by atoms with E-state index in [9.17, 15) is 25.4 Å². The molecule has 0 heterocycles. The van der Waals surface area contributed by atoms with Crippen molar-refractivity contribution in [1.29, 1.82) is 5.26 Å². The van der Waals surface area contributed by atoms with Crippen molar-refractivity contribution in [1.82, 2.24) is 9.80 Å². The summed E-state index contributed by atoms with van der Waals surface area (Å²) in [5.74, 6) is -1.20. The summed E-state index contributed by atoms with van der Waals surface area (Å²) in [6.45, 7) is 2.45. The van der Waals surface area contributed by atoms with Crippen LogP contribution in [0.5, 0.6) is 0 Å². The second-order valence-corrected chi connectivity index (χ2v) is 13.6. The molecule has 3 N–H and O–H groups in total. The summed E-state index contributed by atoms with van der Waals surface area (Å²) in [5.41, 5.74) is 6.60. The number of aliphatic carboxylic acids is 1. The van der Waals surface area contributed by atoms with Crippen LogP contribution in [0.3, 0.4) is 0 Å². The number of nitriles is 1. The van der Waals surface area contributed by atoms with Crippen molar-refractivity contribution in [3.63, 3.8) is 0 Å². The van der Waals surface area contributed by atoms with Gasteiger partial charge in [-0.15, -0.1) is 0 Å². The molecule has 4 atom stereocenters. The fraction of sp³-hybridized carbons (Fsp3) is 0.208. The fourth-order valence-corrected chi connectivity index (χ4v) is 6.70. The number of aliphatic hydroxyl groups is 2. The molecule has 0 spiro atoms. The summed E-state index contributed by atoms with van der Waals surface area (Å²) in [6, 6.07) is 61.2. The summed E-state index contributed by atoms with van der Waals surface area (Å²) in [7, 11) is 0. The molecule has 283 valence electrons. The van der Waals surface area contributed by atoms with Crippen LogP contribution in [0, 0.1) is 55.4 Å². The Kier molecular flexibility index (Phi) is 19.2. The van der Waals surface area contributed by atoms with Gasteiger partial charge in [0.15, 0.2) is 12.2 Å². The van der Waals surface area contributed by atoms with Crippen LogP contribution in [0.25, 0.3) is 0 Å². The van der Waals surface area contributed by atoms with E-state index in [4.69, 9.17) is 0 Å². The van der Waals surface area contributed by atoms with Crippen molar-refractivity contribution < 1.29 is 64.2 Å². The van der Waals surface area contributed by atoms with Crippen LogP contribution in [-0.2, 0) is 43.8 Å². The molecule has 0 aliphatic carbocycles. The maximum atomic E-state index is 11.7. The average molecular weight is 959 g/mol. The van der Waals surface area contributed by atoms with E-state index in [1.54, 1.807) is 0 Å². The van der Waals surface area contributed by atoms with Gasteiger partial charge in [-0.1, -0.05) is 182 Å². The molecule has 7 nitrogen and oxygen atoms in total. The van der Waals surface area contributed by atoms with Crippen LogP contribution in [0.4, 0.5) is 0 Å². The molecule has 0 aliphatic rings. The largest absolute Gasteiger partial charge is 0.479 e. The molecule has 0 saturated heterocycles. The van der Waals surface area contributed by atoms with E-state index in [2.05, 4.69) is 40.1 Å². The Morgan fingerprint density at radius 1 is 0.464 bits per heavy atom. The van der Waals surface area contributed by atoms with Gasteiger partial charge < -0.3 is 15.3 Å². The zero-order valence-electron chi connectivity index (χ0n) is 31.5. The van der Waals surface area contributed by atoms with Gasteiger partial charge in [0.05, 0.1) is 18.2 Å². The first-order valence-corrected chi connectivity index (χ1v) is 18.6. The Balaban J connectivity index is 0.000000244. The van der Waals surface area contributed by atoms with Gasteiger partial charge in [0.25, 0.3) is 0 Å². The van der Waals surface area contributed by atoms with Crippen molar-refractivity contribution in [2.24, 2.45) is 0 Å². The van der Waals surface area contributed by atoms with E-state index in [1.807, 2.05) is 158 Å². The van der Waals surface area contributed by atoms with Gasteiger partial charge in [-0.3, -0.25) is 9.80 Å². The van der Waals surface area contributed by atoms with Crippen LogP contribution in [-0.4, -0.2) is 55.4 Å². The molecule has 0 saturated carbocycles. The maximum absolute atomic E-state index is 11.7. The van der Waals surface area contributed by atoms with E-state index in [-0.39, 0.29) is 50.1 Å². The topological polar surface area (TPSA) is 108 Å². The van der Waals surface area contributed by atoms with Gasteiger partial charge >= 0.3 is 5.97 Å². The zero-order chi connectivity index (χ0) is 38.7. The monoisotopic (exact) mass is 958 g/mol. The van der Waals surface area contributed by atoms with Crippen LogP contribution in [0.1, 0.15) is 33.4 Å². The molecule has 6 rings (SSSR count). The van der Waals surface area contributed by atoms with E-state index in [0.29, 0.717) is 39.0 Å². The summed E-state index contributed by atoms with van der Waals surface area (Å²) < 4.78 is 0. The Hall–Kier alpha value is -4.44. The Morgan fingerprint density at radius 3 is 0.982 bits per heavy atom. The second kappa shape index (κ2) is 24.3. The number of benzene rings is 6. The smallest absolute Gasteiger partial charge is 0.334 e. The molecule has 8 heteroatoms. The second-order valence-electron chi connectivity index (χ2n) is 13.6. The Bertz CT molecular complexity index is 1920. The predicted molar refractivity (Wildman–Crippen MR) is 217 cm³/mol. The summed E-state index contributed by atoms with van der Waals surface area (Å²) in [5, 5.41) is 40.0. The van der Waals surface area contributed by atoms with E-state index in [0.717, 1.165) is 33.4 Å². The van der Waals surface area contributed by atoms with Crippen LogP contribution in [0.15, 0.2) is 182 Å². The average Bonchev–Trinajstić information content (AvgIpc) is 3.23. The standard InChI is InChI=1S/C24H24N2O.C24H25NO3.Ac/c25-17-24(27)23(16-20-10-4-1-5-11-20)26(18-21-12-6-2-7-13-21)19-22-14-8-3-9-15-22;26-23(24(27)28)22(16-19-10-4-1-5-11-19)25(17-20-12-6-2-7-13-20)18-21-14-8-3-9-15-21;/h1-15,23-24,27H,16,18-19H2;1-15,22-23,26H,16-18H2,(H,27,28);. The third-order valence-electron chi connectivity index (χ3n) is 9.54. The van der Waals surface area contributed by atoms with Gasteiger partial charge in [0.1, 0.15) is 0 Å². The number of hydrogen-bond acceptors (Lipinski definition) is 6. The van der Waals surface area contributed by atoms with Crippen LogP contribution in [0.2, 0.25) is 0 Å².